The van der Waals surface area contributed by atoms with Gasteiger partial charge in [-0.2, -0.15) is 0 Å². The van der Waals surface area contributed by atoms with Gasteiger partial charge in [0.15, 0.2) is 0 Å². The summed E-state index contributed by atoms with van der Waals surface area (Å²) in [5, 5.41) is 9.14. The smallest absolute Gasteiger partial charge is 0.323 e. The van der Waals surface area contributed by atoms with E-state index in [4.69, 9.17) is 0 Å². The molecule has 2 aliphatic rings. The lowest BCUT2D eigenvalue weighted by Crippen LogP contribution is -2.55. The Morgan fingerprint density at radius 2 is 1.96 bits per heavy atom. The molecule has 0 radical (unpaired) electrons. The van der Waals surface area contributed by atoms with Crippen molar-refractivity contribution in [3.05, 3.63) is 52.5 Å². The summed E-state index contributed by atoms with van der Waals surface area (Å²) in [4.78, 5) is 31.9. The Kier molecular flexibility index (Phi) is 5.73. The number of amides is 3. The second kappa shape index (κ2) is 8.41. The zero-order valence-corrected chi connectivity index (χ0v) is 16.7. The molecule has 1 aromatic carbocycles. The highest BCUT2D eigenvalue weighted by molar-refractivity contribution is 7.09. The highest BCUT2D eigenvalue weighted by Crippen LogP contribution is 2.37. The zero-order valence-electron chi connectivity index (χ0n) is 15.9. The molecule has 0 aliphatic carbocycles. The minimum absolute atomic E-state index is 0.0762. The fourth-order valence-electron chi connectivity index (χ4n) is 4.44. The van der Waals surface area contributed by atoms with Gasteiger partial charge in [0.25, 0.3) is 5.91 Å². The first-order chi connectivity index (χ1) is 13.7. The summed E-state index contributed by atoms with van der Waals surface area (Å²) in [5.74, 6) is 0.0925. The molecule has 4 rings (SSSR count). The van der Waals surface area contributed by atoms with Gasteiger partial charge in [-0.25, -0.2) is 9.78 Å². The number of benzene rings is 1. The van der Waals surface area contributed by atoms with Crippen LogP contribution in [0.2, 0.25) is 0 Å². The molecule has 3 heterocycles. The SMILES string of the molecule is O=C1NC(CCCc2ccccc2)(C2CCNCC2)C(=O)N1Cc1nccs1. The van der Waals surface area contributed by atoms with Crippen LogP contribution in [0.1, 0.15) is 36.3 Å². The second-order valence-electron chi connectivity index (χ2n) is 7.58. The Labute approximate surface area is 169 Å². The molecular formula is C21H26N4O2S. The predicted molar refractivity (Wildman–Crippen MR) is 109 cm³/mol. The molecule has 7 heteroatoms. The number of carbonyl (C=O) groups excluding carboxylic acids is 2. The zero-order chi connectivity index (χ0) is 19.4. The van der Waals surface area contributed by atoms with E-state index in [1.54, 1.807) is 6.20 Å². The van der Waals surface area contributed by atoms with Crippen molar-refractivity contribution in [1.29, 1.82) is 0 Å². The number of hydrogen-bond donors (Lipinski definition) is 2. The summed E-state index contributed by atoms with van der Waals surface area (Å²) in [6, 6.07) is 10.0. The van der Waals surface area contributed by atoms with Gasteiger partial charge in [0, 0.05) is 11.6 Å². The van der Waals surface area contributed by atoms with Crippen LogP contribution < -0.4 is 10.6 Å². The third-order valence-electron chi connectivity index (χ3n) is 5.89. The number of urea groups is 1. The molecule has 1 atom stereocenters. The number of imide groups is 1. The van der Waals surface area contributed by atoms with Crippen molar-refractivity contribution in [2.24, 2.45) is 5.92 Å². The fourth-order valence-corrected chi connectivity index (χ4v) is 5.04. The highest BCUT2D eigenvalue weighted by atomic mass is 32.1. The van der Waals surface area contributed by atoms with Crippen molar-refractivity contribution in [3.63, 3.8) is 0 Å². The number of carbonyl (C=O) groups is 2. The van der Waals surface area contributed by atoms with Crippen LogP contribution in [0.4, 0.5) is 4.79 Å². The van der Waals surface area contributed by atoms with Crippen LogP contribution in [-0.2, 0) is 17.8 Å². The molecule has 2 fully saturated rings. The van der Waals surface area contributed by atoms with E-state index in [-0.39, 0.29) is 24.4 Å². The number of nitrogens with zero attached hydrogens (tertiary/aromatic N) is 2. The number of nitrogens with one attached hydrogen (secondary N) is 2. The van der Waals surface area contributed by atoms with Crippen molar-refractivity contribution in [1.82, 2.24) is 20.5 Å². The van der Waals surface area contributed by atoms with Gasteiger partial charge in [0.05, 0.1) is 6.54 Å². The van der Waals surface area contributed by atoms with Crippen LogP contribution in [0.3, 0.4) is 0 Å². The van der Waals surface area contributed by atoms with Crippen molar-refractivity contribution < 1.29 is 9.59 Å². The van der Waals surface area contributed by atoms with Gasteiger partial charge < -0.3 is 10.6 Å². The lowest BCUT2D eigenvalue weighted by molar-refractivity contribution is -0.134. The molecule has 6 nitrogen and oxygen atoms in total. The first-order valence-corrected chi connectivity index (χ1v) is 10.8. The molecule has 2 aromatic rings. The molecule has 148 valence electrons. The monoisotopic (exact) mass is 398 g/mol. The van der Waals surface area contributed by atoms with Gasteiger partial charge in [0.2, 0.25) is 0 Å². The molecule has 3 amide bonds. The molecule has 0 bridgehead atoms. The van der Waals surface area contributed by atoms with E-state index in [1.807, 2.05) is 23.6 Å². The first kappa shape index (κ1) is 19.1. The largest absolute Gasteiger partial charge is 0.325 e. The van der Waals surface area contributed by atoms with E-state index in [9.17, 15) is 9.59 Å². The van der Waals surface area contributed by atoms with Gasteiger partial charge in [-0.1, -0.05) is 30.3 Å². The van der Waals surface area contributed by atoms with E-state index >= 15 is 0 Å². The molecule has 1 unspecified atom stereocenters. The molecule has 0 saturated carbocycles. The second-order valence-corrected chi connectivity index (χ2v) is 8.56. The molecule has 0 spiro atoms. The van der Waals surface area contributed by atoms with Crippen molar-refractivity contribution in [2.75, 3.05) is 13.1 Å². The van der Waals surface area contributed by atoms with Gasteiger partial charge in [-0.15, -0.1) is 11.3 Å². The topological polar surface area (TPSA) is 74.3 Å². The number of aromatic nitrogens is 1. The Hall–Kier alpha value is -2.25. The third kappa shape index (κ3) is 3.82. The number of piperidine rings is 1. The third-order valence-corrected chi connectivity index (χ3v) is 6.66. The molecule has 2 aliphatic heterocycles. The minimum atomic E-state index is -0.786. The van der Waals surface area contributed by atoms with E-state index in [0.717, 1.165) is 43.8 Å². The summed E-state index contributed by atoms with van der Waals surface area (Å²) in [6.45, 7) is 2.04. The maximum atomic E-state index is 13.5. The number of hydrogen-bond acceptors (Lipinski definition) is 5. The van der Waals surface area contributed by atoms with Crippen LogP contribution in [0.15, 0.2) is 41.9 Å². The van der Waals surface area contributed by atoms with Gasteiger partial charge in [0.1, 0.15) is 10.5 Å². The van der Waals surface area contributed by atoms with Crippen LogP contribution in [0.25, 0.3) is 0 Å². The molecule has 28 heavy (non-hydrogen) atoms. The van der Waals surface area contributed by atoms with Crippen molar-refractivity contribution in [2.45, 2.75) is 44.2 Å². The number of thiazole rings is 1. The minimum Gasteiger partial charge on any atom is -0.323 e. The van der Waals surface area contributed by atoms with Gasteiger partial charge >= 0.3 is 6.03 Å². The Balaban J connectivity index is 1.52. The van der Waals surface area contributed by atoms with Gasteiger partial charge in [-0.3, -0.25) is 9.69 Å². The Bertz CT molecular complexity index is 805. The quantitative estimate of drug-likeness (QED) is 0.703. The average molecular weight is 399 g/mol. The highest BCUT2D eigenvalue weighted by Gasteiger charge is 2.55. The van der Waals surface area contributed by atoms with Crippen LogP contribution >= 0.6 is 11.3 Å². The number of rotatable bonds is 7. The van der Waals surface area contributed by atoms with E-state index in [2.05, 4.69) is 27.8 Å². The first-order valence-electron chi connectivity index (χ1n) is 9.96. The fraction of sp³-hybridized carbons (Fsp3) is 0.476. The molecule has 1 aromatic heterocycles. The van der Waals surface area contributed by atoms with E-state index < -0.39 is 5.54 Å². The molecule has 2 saturated heterocycles. The summed E-state index contributed by atoms with van der Waals surface area (Å²) in [6.07, 6.45) is 5.96. The van der Waals surface area contributed by atoms with Crippen molar-refractivity contribution >= 4 is 23.3 Å². The van der Waals surface area contributed by atoms with Crippen LogP contribution in [0, 0.1) is 5.92 Å². The average Bonchev–Trinajstić information content (AvgIpc) is 3.33. The number of aryl methyl sites for hydroxylation is 1. The maximum absolute atomic E-state index is 13.5. The predicted octanol–water partition coefficient (Wildman–Crippen LogP) is 2.96. The van der Waals surface area contributed by atoms with Gasteiger partial charge in [-0.05, 0) is 56.7 Å². The van der Waals surface area contributed by atoms with Crippen molar-refractivity contribution in [3.8, 4) is 0 Å². The summed E-state index contributed by atoms with van der Waals surface area (Å²) >= 11 is 1.47. The van der Waals surface area contributed by atoms with Crippen LogP contribution in [0.5, 0.6) is 0 Å². The summed E-state index contributed by atoms with van der Waals surface area (Å²) in [5.41, 5.74) is 0.477. The standard InChI is InChI=1S/C21H26N4O2S/c26-19-21(17-8-11-22-12-9-17,10-4-7-16-5-2-1-3-6-16)24-20(27)25(19)15-18-23-13-14-28-18/h1-3,5-6,13-14,17,22H,4,7-12,15H2,(H,24,27). The van der Waals surface area contributed by atoms with E-state index in [0.29, 0.717) is 6.42 Å². The van der Waals surface area contributed by atoms with Crippen LogP contribution in [-0.4, -0.2) is 40.5 Å². The Morgan fingerprint density at radius 1 is 1.18 bits per heavy atom. The molecular weight excluding hydrogens is 372 g/mol. The van der Waals surface area contributed by atoms with E-state index in [1.165, 1.54) is 21.8 Å². The summed E-state index contributed by atoms with van der Waals surface area (Å²) < 4.78 is 0. The lowest BCUT2D eigenvalue weighted by Gasteiger charge is -2.38. The summed E-state index contributed by atoms with van der Waals surface area (Å²) in [7, 11) is 0. The molecule has 2 N–H and O–H groups in total. The lowest BCUT2D eigenvalue weighted by atomic mass is 9.74. The Morgan fingerprint density at radius 3 is 2.68 bits per heavy atom. The normalized spacial score (nSPS) is 23.2. The maximum Gasteiger partial charge on any atom is 0.325 e.